The van der Waals surface area contributed by atoms with Crippen LogP contribution in [0.25, 0.3) is 0 Å². The number of rotatable bonds is 6. The van der Waals surface area contributed by atoms with Crippen molar-refractivity contribution >= 4 is 17.4 Å². The number of methoxy groups -OCH3 is 1. The number of hydrogen-bond acceptors (Lipinski definition) is 5. The van der Waals surface area contributed by atoms with Gasteiger partial charge in [0.15, 0.2) is 12.4 Å². The summed E-state index contributed by atoms with van der Waals surface area (Å²) >= 11 is 0. The summed E-state index contributed by atoms with van der Waals surface area (Å²) in [7, 11) is 1.61. The Kier molecular flexibility index (Phi) is 5.84. The van der Waals surface area contributed by atoms with Gasteiger partial charge in [-0.25, -0.2) is 4.98 Å². The molecule has 30 heavy (non-hydrogen) atoms. The maximum atomic E-state index is 12.9. The fourth-order valence-corrected chi connectivity index (χ4v) is 3.51. The van der Waals surface area contributed by atoms with Crippen LogP contribution in [-0.2, 0) is 11.3 Å². The summed E-state index contributed by atoms with van der Waals surface area (Å²) < 4.78 is 10.8. The lowest BCUT2D eigenvalue weighted by atomic mass is 10.1. The molecule has 0 radical (unpaired) electrons. The second-order valence-corrected chi connectivity index (χ2v) is 7.26. The number of amides is 1. The van der Waals surface area contributed by atoms with Gasteiger partial charge >= 0.3 is 0 Å². The van der Waals surface area contributed by atoms with Crippen LogP contribution in [0.1, 0.15) is 11.1 Å². The summed E-state index contributed by atoms with van der Waals surface area (Å²) in [6, 6.07) is 19.5. The minimum absolute atomic E-state index is 0.0291. The molecule has 1 aliphatic rings. The van der Waals surface area contributed by atoms with Crippen molar-refractivity contribution in [1.29, 1.82) is 0 Å². The van der Waals surface area contributed by atoms with E-state index < -0.39 is 0 Å². The molecule has 0 saturated heterocycles. The second kappa shape index (κ2) is 8.86. The van der Waals surface area contributed by atoms with Gasteiger partial charge in [-0.1, -0.05) is 29.8 Å². The van der Waals surface area contributed by atoms with Crippen LogP contribution in [0, 0.1) is 6.92 Å². The summed E-state index contributed by atoms with van der Waals surface area (Å²) in [5.74, 6) is 2.11. The molecule has 0 N–H and O–H groups in total. The van der Waals surface area contributed by atoms with Gasteiger partial charge in [0.25, 0.3) is 5.91 Å². The Bertz CT molecular complexity index is 1000. The average molecular weight is 403 g/mol. The standard InChI is InChI=1S/C24H25N3O3/c1-18-5-7-19(8-6-18)16-26-14-15-27(22-4-3-13-25-24(22)26)23(28)17-30-21-11-9-20(29-2)10-12-21/h3-13H,14-17H2,1-2H3. The molecule has 2 heterocycles. The van der Waals surface area contributed by atoms with Crippen LogP contribution in [0.4, 0.5) is 11.5 Å². The van der Waals surface area contributed by atoms with Gasteiger partial charge in [-0.05, 0) is 48.9 Å². The predicted molar refractivity (Wildman–Crippen MR) is 117 cm³/mol. The fraction of sp³-hybridized carbons (Fsp3) is 0.250. The lowest BCUT2D eigenvalue weighted by Gasteiger charge is -2.36. The van der Waals surface area contributed by atoms with E-state index >= 15 is 0 Å². The van der Waals surface area contributed by atoms with Crippen LogP contribution < -0.4 is 19.3 Å². The first-order chi connectivity index (χ1) is 14.6. The van der Waals surface area contributed by atoms with Crippen molar-refractivity contribution in [3.63, 3.8) is 0 Å². The van der Waals surface area contributed by atoms with Crippen LogP contribution in [0.3, 0.4) is 0 Å². The molecule has 1 amide bonds. The summed E-state index contributed by atoms with van der Waals surface area (Å²) in [4.78, 5) is 21.4. The molecule has 2 aromatic carbocycles. The number of nitrogens with zero attached hydrogens (tertiary/aromatic N) is 3. The van der Waals surface area contributed by atoms with E-state index in [1.165, 1.54) is 11.1 Å². The lowest BCUT2D eigenvalue weighted by molar-refractivity contribution is -0.120. The molecule has 0 spiro atoms. The molecule has 0 atom stereocenters. The number of benzene rings is 2. The largest absolute Gasteiger partial charge is 0.497 e. The molecule has 1 aliphatic heterocycles. The van der Waals surface area contributed by atoms with Crippen molar-refractivity contribution in [3.8, 4) is 11.5 Å². The first-order valence-corrected chi connectivity index (χ1v) is 9.97. The number of hydrogen-bond donors (Lipinski definition) is 0. The Morgan fingerprint density at radius 3 is 2.47 bits per heavy atom. The third-order valence-electron chi connectivity index (χ3n) is 5.17. The van der Waals surface area contributed by atoms with Crippen molar-refractivity contribution in [1.82, 2.24) is 4.98 Å². The van der Waals surface area contributed by atoms with Gasteiger partial charge < -0.3 is 19.3 Å². The van der Waals surface area contributed by atoms with Crippen molar-refractivity contribution in [2.45, 2.75) is 13.5 Å². The molecular weight excluding hydrogens is 378 g/mol. The van der Waals surface area contributed by atoms with E-state index in [0.717, 1.165) is 23.8 Å². The molecular formula is C24H25N3O3. The highest BCUT2D eigenvalue weighted by Gasteiger charge is 2.28. The molecule has 1 aromatic heterocycles. The van der Waals surface area contributed by atoms with Gasteiger partial charge in [0.2, 0.25) is 0 Å². The van der Waals surface area contributed by atoms with Crippen molar-refractivity contribution in [3.05, 3.63) is 78.0 Å². The highest BCUT2D eigenvalue weighted by atomic mass is 16.5. The topological polar surface area (TPSA) is 54.9 Å². The van der Waals surface area contributed by atoms with E-state index in [2.05, 4.69) is 41.1 Å². The van der Waals surface area contributed by atoms with E-state index in [4.69, 9.17) is 9.47 Å². The van der Waals surface area contributed by atoms with Crippen LogP contribution in [0.2, 0.25) is 0 Å². The zero-order valence-corrected chi connectivity index (χ0v) is 17.2. The molecule has 6 nitrogen and oxygen atoms in total. The normalized spacial score (nSPS) is 13.0. The minimum atomic E-state index is -0.0879. The maximum Gasteiger partial charge on any atom is 0.265 e. The highest BCUT2D eigenvalue weighted by Crippen LogP contribution is 2.32. The van der Waals surface area contributed by atoms with Crippen molar-refractivity contribution in [2.24, 2.45) is 0 Å². The van der Waals surface area contributed by atoms with E-state index in [9.17, 15) is 4.79 Å². The average Bonchev–Trinajstić information content (AvgIpc) is 2.79. The second-order valence-electron chi connectivity index (χ2n) is 7.26. The molecule has 0 fully saturated rings. The van der Waals surface area contributed by atoms with E-state index in [1.54, 1.807) is 30.3 Å². The molecule has 4 rings (SSSR count). The first-order valence-electron chi connectivity index (χ1n) is 9.97. The minimum Gasteiger partial charge on any atom is -0.497 e. The smallest absolute Gasteiger partial charge is 0.265 e. The Hall–Kier alpha value is -3.54. The molecule has 0 bridgehead atoms. The van der Waals surface area contributed by atoms with E-state index in [-0.39, 0.29) is 12.5 Å². The number of pyridine rings is 1. The maximum absolute atomic E-state index is 12.9. The van der Waals surface area contributed by atoms with Crippen LogP contribution in [0.15, 0.2) is 66.9 Å². The first kappa shape index (κ1) is 19.8. The molecule has 0 saturated carbocycles. The summed E-state index contributed by atoms with van der Waals surface area (Å²) in [5, 5.41) is 0. The molecule has 0 unspecified atom stereocenters. The molecule has 3 aromatic rings. The van der Waals surface area contributed by atoms with Crippen LogP contribution in [0.5, 0.6) is 11.5 Å². The number of carbonyl (C=O) groups is 1. The summed E-state index contributed by atoms with van der Waals surface area (Å²) in [5.41, 5.74) is 3.28. The van der Waals surface area contributed by atoms with E-state index in [0.29, 0.717) is 18.8 Å². The Balaban J connectivity index is 1.45. The monoisotopic (exact) mass is 403 g/mol. The Labute approximate surface area is 176 Å². The Morgan fingerprint density at radius 2 is 1.73 bits per heavy atom. The van der Waals surface area contributed by atoms with Gasteiger partial charge in [0, 0.05) is 25.8 Å². The van der Waals surface area contributed by atoms with Gasteiger partial charge in [-0.2, -0.15) is 0 Å². The number of anilines is 2. The SMILES string of the molecule is COc1ccc(OCC(=O)N2CCN(Cc3ccc(C)cc3)c3ncccc32)cc1. The van der Waals surface area contributed by atoms with Gasteiger partial charge in [-0.3, -0.25) is 4.79 Å². The molecule has 0 aliphatic carbocycles. The number of aryl methyl sites for hydroxylation is 1. The van der Waals surface area contributed by atoms with Gasteiger partial charge in [-0.15, -0.1) is 0 Å². The molecule has 154 valence electrons. The zero-order valence-electron chi connectivity index (χ0n) is 17.2. The van der Waals surface area contributed by atoms with Crippen LogP contribution in [-0.4, -0.2) is 37.7 Å². The predicted octanol–water partition coefficient (Wildman–Crippen LogP) is 3.83. The summed E-state index contributed by atoms with van der Waals surface area (Å²) in [6.07, 6.45) is 1.77. The number of aromatic nitrogens is 1. The highest BCUT2D eigenvalue weighted by molar-refractivity contribution is 5.98. The zero-order chi connectivity index (χ0) is 20.9. The van der Waals surface area contributed by atoms with Crippen LogP contribution >= 0.6 is 0 Å². The van der Waals surface area contributed by atoms with Crippen molar-refractivity contribution < 1.29 is 14.3 Å². The lowest BCUT2D eigenvalue weighted by Crippen LogP contribution is -2.46. The van der Waals surface area contributed by atoms with E-state index in [1.807, 2.05) is 24.3 Å². The quantitative estimate of drug-likeness (QED) is 0.626. The number of carbonyl (C=O) groups excluding carboxylic acids is 1. The fourth-order valence-electron chi connectivity index (χ4n) is 3.51. The number of ether oxygens (including phenoxy) is 2. The van der Waals surface area contributed by atoms with Gasteiger partial charge in [0.1, 0.15) is 11.5 Å². The third-order valence-corrected chi connectivity index (χ3v) is 5.17. The summed E-state index contributed by atoms with van der Waals surface area (Å²) in [6.45, 7) is 4.12. The number of fused-ring (bicyclic) bond motifs is 1. The Morgan fingerprint density at radius 1 is 1.00 bits per heavy atom. The van der Waals surface area contributed by atoms with Gasteiger partial charge in [0.05, 0.1) is 12.8 Å². The third kappa shape index (κ3) is 4.38. The molecule has 6 heteroatoms. The van der Waals surface area contributed by atoms with Crippen molar-refractivity contribution in [2.75, 3.05) is 36.6 Å².